The summed E-state index contributed by atoms with van der Waals surface area (Å²) < 4.78 is 29.4. The fraction of sp³-hybridized carbons (Fsp3) is 0.333. The van der Waals surface area contributed by atoms with Gasteiger partial charge in [0.25, 0.3) is 10.1 Å². The third kappa shape index (κ3) is 1.68. The van der Waals surface area contributed by atoms with Crippen molar-refractivity contribution in [3.63, 3.8) is 0 Å². The van der Waals surface area contributed by atoms with E-state index in [1.807, 2.05) is 0 Å². The summed E-state index contributed by atoms with van der Waals surface area (Å²) in [5.74, 6) is 0. The first kappa shape index (κ1) is 7.50. The van der Waals surface area contributed by atoms with Crippen LogP contribution in [0.4, 0.5) is 0 Å². The van der Waals surface area contributed by atoms with E-state index in [-0.39, 0.29) is 0 Å². The molecule has 0 heterocycles. The van der Waals surface area contributed by atoms with Crippen LogP contribution in [0.5, 0.6) is 0 Å². The van der Waals surface area contributed by atoms with Gasteiger partial charge >= 0.3 is 0 Å². The second-order valence-corrected chi connectivity index (χ2v) is 3.65. The molecule has 0 aliphatic heterocycles. The number of rotatable bonds is 1. The van der Waals surface area contributed by atoms with Crippen molar-refractivity contribution in [2.45, 2.75) is 11.7 Å². The molecular formula is C6H8O3S. The minimum atomic E-state index is -3.90. The lowest BCUT2D eigenvalue weighted by Gasteiger charge is -2.05. The quantitative estimate of drug-likeness (QED) is 0.455. The number of hydrogen-bond acceptors (Lipinski definition) is 2. The topological polar surface area (TPSA) is 54.4 Å². The molecule has 0 aromatic carbocycles. The van der Waals surface area contributed by atoms with Crippen LogP contribution in [0.1, 0.15) is 6.42 Å². The Hall–Kier alpha value is -0.610. The van der Waals surface area contributed by atoms with Crippen molar-refractivity contribution in [1.82, 2.24) is 0 Å². The predicted octanol–water partition coefficient (Wildman–Crippen LogP) is 0.759. The van der Waals surface area contributed by atoms with Gasteiger partial charge in [-0.2, -0.15) is 8.42 Å². The van der Waals surface area contributed by atoms with E-state index < -0.39 is 15.4 Å². The van der Waals surface area contributed by atoms with E-state index in [4.69, 9.17) is 4.55 Å². The van der Waals surface area contributed by atoms with Gasteiger partial charge in [0.05, 0.1) is 0 Å². The van der Waals surface area contributed by atoms with Crippen LogP contribution in [0.25, 0.3) is 0 Å². The Labute approximate surface area is 59.8 Å². The van der Waals surface area contributed by atoms with Crippen LogP contribution in [0, 0.1) is 0 Å². The molecule has 1 aliphatic carbocycles. The van der Waals surface area contributed by atoms with Gasteiger partial charge in [-0.15, -0.1) is 0 Å². The van der Waals surface area contributed by atoms with Crippen molar-refractivity contribution in [2.75, 3.05) is 0 Å². The first-order valence-corrected chi connectivity index (χ1v) is 4.40. The molecule has 1 rings (SSSR count). The van der Waals surface area contributed by atoms with Gasteiger partial charge in [0, 0.05) is 0 Å². The van der Waals surface area contributed by atoms with Gasteiger partial charge in [0.15, 0.2) is 0 Å². The summed E-state index contributed by atoms with van der Waals surface area (Å²) >= 11 is 0. The predicted molar refractivity (Wildman–Crippen MR) is 38.2 cm³/mol. The van der Waals surface area contributed by atoms with Gasteiger partial charge in [-0.1, -0.05) is 24.3 Å². The normalized spacial score (nSPS) is 19.7. The van der Waals surface area contributed by atoms with Crippen LogP contribution < -0.4 is 0 Å². The molecule has 0 amide bonds. The third-order valence-corrected chi connectivity index (χ3v) is 2.27. The van der Waals surface area contributed by atoms with E-state index in [2.05, 4.69) is 0 Å². The maximum absolute atomic E-state index is 10.4. The van der Waals surface area contributed by atoms with Crippen LogP contribution in [0.3, 0.4) is 0 Å². The van der Waals surface area contributed by atoms with Crippen molar-refractivity contribution < 1.29 is 13.0 Å². The highest BCUT2D eigenvalue weighted by atomic mass is 32.2. The lowest BCUT2D eigenvalue weighted by molar-refractivity contribution is 0.480. The van der Waals surface area contributed by atoms with Gasteiger partial charge in [0.2, 0.25) is 0 Å². The molecule has 0 aromatic rings. The minimum absolute atomic E-state index is 0.742. The zero-order valence-corrected chi connectivity index (χ0v) is 6.08. The molecule has 10 heavy (non-hydrogen) atoms. The lowest BCUT2D eigenvalue weighted by atomic mass is 10.2. The van der Waals surface area contributed by atoms with E-state index >= 15 is 0 Å². The summed E-state index contributed by atoms with van der Waals surface area (Å²) in [6, 6.07) is 0. The lowest BCUT2D eigenvalue weighted by Crippen LogP contribution is -2.16. The second-order valence-electron chi connectivity index (χ2n) is 2.07. The van der Waals surface area contributed by atoms with Crippen molar-refractivity contribution in [2.24, 2.45) is 0 Å². The Bertz CT molecular complexity index is 249. The molecule has 0 unspecified atom stereocenters. The zero-order chi connectivity index (χ0) is 7.61. The van der Waals surface area contributed by atoms with Gasteiger partial charge in [-0.25, -0.2) is 0 Å². The van der Waals surface area contributed by atoms with Crippen LogP contribution in [-0.2, 0) is 10.1 Å². The molecule has 0 radical (unpaired) electrons. The molecule has 0 aromatic heterocycles. The number of allylic oxidation sites excluding steroid dienone is 2. The van der Waals surface area contributed by atoms with Crippen molar-refractivity contribution in [1.29, 1.82) is 0 Å². The van der Waals surface area contributed by atoms with Gasteiger partial charge in [-0.3, -0.25) is 4.55 Å². The Morgan fingerprint density at radius 1 is 1.30 bits per heavy atom. The second kappa shape index (κ2) is 2.56. The summed E-state index contributed by atoms with van der Waals surface area (Å²) in [5, 5.41) is -0.832. The molecule has 4 heteroatoms. The van der Waals surface area contributed by atoms with E-state index in [0.29, 0.717) is 0 Å². The molecule has 0 fully saturated rings. The molecule has 3 nitrogen and oxygen atoms in total. The fourth-order valence-corrected chi connectivity index (χ4v) is 1.39. The smallest absolute Gasteiger partial charge is 0.275 e. The Morgan fingerprint density at radius 2 is 1.80 bits per heavy atom. The van der Waals surface area contributed by atoms with Crippen molar-refractivity contribution in [3.05, 3.63) is 24.3 Å². The highest BCUT2D eigenvalue weighted by Crippen LogP contribution is 2.08. The van der Waals surface area contributed by atoms with E-state index in [1.54, 1.807) is 12.2 Å². The molecule has 0 bridgehead atoms. The SMILES string of the molecule is O=S(=O)(O)C1C=CCC=C1. The summed E-state index contributed by atoms with van der Waals surface area (Å²) in [5.41, 5.74) is 0. The Kier molecular flexibility index (Phi) is 1.92. The molecule has 56 valence electrons. The molecule has 0 saturated heterocycles. The molecule has 0 saturated carbocycles. The van der Waals surface area contributed by atoms with Crippen LogP contribution in [0.15, 0.2) is 24.3 Å². The molecule has 0 atom stereocenters. The largest absolute Gasteiger partial charge is 0.285 e. The van der Waals surface area contributed by atoms with Crippen LogP contribution in [0.2, 0.25) is 0 Å². The van der Waals surface area contributed by atoms with Crippen molar-refractivity contribution >= 4 is 10.1 Å². The van der Waals surface area contributed by atoms with Crippen LogP contribution >= 0.6 is 0 Å². The van der Waals surface area contributed by atoms with Crippen molar-refractivity contribution in [3.8, 4) is 0 Å². The Morgan fingerprint density at radius 3 is 2.10 bits per heavy atom. The molecular weight excluding hydrogens is 152 g/mol. The van der Waals surface area contributed by atoms with E-state index in [0.717, 1.165) is 6.42 Å². The summed E-state index contributed by atoms with van der Waals surface area (Å²) in [7, 11) is -3.90. The monoisotopic (exact) mass is 160 g/mol. The average Bonchev–Trinajstić information content (AvgIpc) is 1.88. The minimum Gasteiger partial charge on any atom is -0.285 e. The van der Waals surface area contributed by atoms with E-state index in [1.165, 1.54) is 12.2 Å². The van der Waals surface area contributed by atoms with Gasteiger partial charge < -0.3 is 0 Å². The maximum Gasteiger partial charge on any atom is 0.275 e. The highest BCUT2D eigenvalue weighted by molar-refractivity contribution is 7.86. The first-order valence-electron chi connectivity index (χ1n) is 2.90. The zero-order valence-electron chi connectivity index (χ0n) is 5.27. The van der Waals surface area contributed by atoms with Crippen LogP contribution in [-0.4, -0.2) is 18.2 Å². The fourth-order valence-electron chi connectivity index (χ4n) is 0.767. The standard InChI is InChI=1S/C6H8O3S/c7-10(8,9)6-4-2-1-3-5-6/h2-6H,1H2,(H,7,8,9). The maximum atomic E-state index is 10.4. The highest BCUT2D eigenvalue weighted by Gasteiger charge is 2.16. The molecule has 1 aliphatic rings. The third-order valence-electron chi connectivity index (χ3n) is 1.27. The Balaban J connectivity index is 2.84. The number of hydrogen-bond donors (Lipinski definition) is 1. The first-order chi connectivity index (χ1) is 4.61. The van der Waals surface area contributed by atoms with Gasteiger partial charge in [-0.05, 0) is 6.42 Å². The summed E-state index contributed by atoms with van der Waals surface area (Å²) in [6.45, 7) is 0. The summed E-state index contributed by atoms with van der Waals surface area (Å²) in [6.07, 6.45) is 7.09. The average molecular weight is 160 g/mol. The molecule has 0 spiro atoms. The van der Waals surface area contributed by atoms with Gasteiger partial charge in [0.1, 0.15) is 5.25 Å². The summed E-state index contributed by atoms with van der Waals surface area (Å²) in [4.78, 5) is 0. The molecule has 1 N–H and O–H groups in total. The van der Waals surface area contributed by atoms with E-state index in [9.17, 15) is 8.42 Å².